The number of carbonyl (C=O) groups excluding carboxylic acids is 1. The second-order valence-electron chi connectivity index (χ2n) is 8.30. The van der Waals surface area contributed by atoms with Gasteiger partial charge in [0.15, 0.2) is 11.8 Å². The smallest absolute Gasteiger partial charge is 0.410 e. The quantitative estimate of drug-likeness (QED) is 0.764. The number of rotatable bonds is 2. The Hall–Kier alpha value is -2.47. The van der Waals surface area contributed by atoms with Gasteiger partial charge >= 0.3 is 6.09 Å². The van der Waals surface area contributed by atoms with E-state index >= 15 is 4.39 Å². The maximum absolute atomic E-state index is 15.3. The number of amides is 1. The van der Waals surface area contributed by atoms with E-state index in [0.717, 1.165) is 29.8 Å². The average Bonchev–Trinajstić information content (AvgIpc) is 2.74. The van der Waals surface area contributed by atoms with Crippen molar-refractivity contribution in [1.82, 2.24) is 9.80 Å². The fourth-order valence-corrected chi connectivity index (χ4v) is 4.93. The molecule has 0 aromatic heterocycles. The standard InChI is InChI=1S/C23H24F2N2O2/c24-18-7-5-17(6-8-18)21-19-4-2-1-3-16(19)9-12-27(21)22(28)29-20-15-26-13-10-23(20,25)11-14-26/h1-8,20-21H,9-15H2/t20-,21-/m0/s1. The van der Waals surface area contributed by atoms with E-state index in [4.69, 9.17) is 4.74 Å². The Morgan fingerprint density at radius 2 is 1.76 bits per heavy atom. The molecule has 0 N–H and O–H groups in total. The highest BCUT2D eigenvalue weighted by atomic mass is 19.1. The molecule has 29 heavy (non-hydrogen) atoms. The third-order valence-corrected chi connectivity index (χ3v) is 6.64. The van der Waals surface area contributed by atoms with Crippen molar-refractivity contribution in [2.24, 2.45) is 0 Å². The molecule has 4 heterocycles. The van der Waals surface area contributed by atoms with Gasteiger partial charge in [-0.05, 0) is 48.1 Å². The van der Waals surface area contributed by atoms with Crippen LogP contribution in [0.15, 0.2) is 48.5 Å². The third kappa shape index (κ3) is 3.29. The van der Waals surface area contributed by atoms with E-state index in [0.29, 0.717) is 32.4 Å². The number of nitrogens with zero attached hydrogens (tertiary/aromatic N) is 2. The molecular formula is C23H24F2N2O2. The van der Waals surface area contributed by atoms with Gasteiger partial charge in [-0.2, -0.15) is 0 Å². The highest BCUT2D eigenvalue weighted by Gasteiger charge is 2.50. The second kappa shape index (κ2) is 7.10. The van der Waals surface area contributed by atoms with Gasteiger partial charge in [0.2, 0.25) is 0 Å². The lowest BCUT2D eigenvalue weighted by Gasteiger charge is -2.48. The zero-order chi connectivity index (χ0) is 20.0. The number of benzene rings is 2. The summed E-state index contributed by atoms with van der Waals surface area (Å²) in [4.78, 5) is 17.0. The molecule has 6 rings (SSSR count). The Morgan fingerprint density at radius 1 is 1.03 bits per heavy atom. The zero-order valence-corrected chi connectivity index (χ0v) is 16.2. The van der Waals surface area contributed by atoms with E-state index in [9.17, 15) is 9.18 Å². The van der Waals surface area contributed by atoms with Crippen molar-refractivity contribution < 1.29 is 18.3 Å². The molecule has 152 valence electrons. The summed E-state index contributed by atoms with van der Waals surface area (Å²) < 4.78 is 34.5. The van der Waals surface area contributed by atoms with Gasteiger partial charge in [-0.25, -0.2) is 13.6 Å². The van der Waals surface area contributed by atoms with Crippen molar-refractivity contribution in [3.63, 3.8) is 0 Å². The minimum absolute atomic E-state index is 0.321. The van der Waals surface area contributed by atoms with Crippen molar-refractivity contribution in [3.05, 3.63) is 71.0 Å². The van der Waals surface area contributed by atoms with Crippen LogP contribution in [0.3, 0.4) is 0 Å². The van der Waals surface area contributed by atoms with Crippen LogP contribution in [0, 0.1) is 5.82 Å². The first-order chi connectivity index (χ1) is 14.0. The summed E-state index contributed by atoms with van der Waals surface area (Å²) in [5.74, 6) is -0.321. The highest BCUT2D eigenvalue weighted by Crippen LogP contribution is 2.39. The van der Waals surface area contributed by atoms with Crippen molar-refractivity contribution >= 4 is 6.09 Å². The number of hydrogen-bond donors (Lipinski definition) is 0. The van der Waals surface area contributed by atoms with Gasteiger partial charge in [0, 0.05) is 26.2 Å². The maximum Gasteiger partial charge on any atom is 0.410 e. The predicted molar refractivity (Wildman–Crippen MR) is 105 cm³/mol. The first kappa shape index (κ1) is 18.6. The van der Waals surface area contributed by atoms with Crippen LogP contribution in [0.5, 0.6) is 0 Å². The largest absolute Gasteiger partial charge is 0.441 e. The van der Waals surface area contributed by atoms with Crippen LogP contribution in [-0.2, 0) is 11.2 Å². The number of ether oxygens (including phenoxy) is 1. The molecule has 2 bridgehead atoms. The number of hydrogen-bond acceptors (Lipinski definition) is 3. The van der Waals surface area contributed by atoms with Crippen molar-refractivity contribution in [2.45, 2.75) is 37.1 Å². The normalized spacial score (nSPS) is 30.7. The fourth-order valence-electron chi connectivity index (χ4n) is 4.93. The molecular weight excluding hydrogens is 374 g/mol. The molecule has 2 aromatic rings. The van der Waals surface area contributed by atoms with Crippen molar-refractivity contribution in [2.75, 3.05) is 26.2 Å². The summed E-state index contributed by atoms with van der Waals surface area (Å²) in [6.45, 7) is 2.38. The van der Waals surface area contributed by atoms with E-state index in [1.165, 1.54) is 12.1 Å². The molecule has 6 heteroatoms. The molecule has 2 aromatic carbocycles. The summed E-state index contributed by atoms with van der Waals surface area (Å²) in [6.07, 6.45) is 0.304. The minimum atomic E-state index is -1.43. The molecule has 3 saturated heterocycles. The molecule has 4 aliphatic rings. The van der Waals surface area contributed by atoms with Gasteiger partial charge in [0.25, 0.3) is 0 Å². The minimum Gasteiger partial charge on any atom is -0.441 e. The van der Waals surface area contributed by atoms with E-state index < -0.39 is 17.9 Å². The average molecular weight is 398 g/mol. The van der Waals surface area contributed by atoms with E-state index in [1.54, 1.807) is 17.0 Å². The molecule has 0 radical (unpaired) electrons. The summed E-state index contributed by atoms with van der Waals surface area (Å²) >= 11 is 0. The molecule has 0 aliphatic carbocycles. The predicted octanol–water partition coefficient (Wildman–Crippen LogP) is 4.10. The Bertz CT molecular complexity index is 909. The molecule has 0 saturated carbocycles. The maximum atomic E-state index is 15.3. The lowest BCUT2D eigenvalue weighted by atomic mass is 9.82. The third-order valence-electron chi connectivity index (χ3n) is 6.64. The Balaban J connectivity index is 1.45. The van der Waals surface area contributed by atoms with Gasteiger partial charge in [-0.1, -0.05) is 36.4 Å². The fraction of sp³-hybridized carbons (Fsp3) is 0.435. The van der Waals surface area contributed by atoms with Crippen LogP contribution in [0.25, 0.3) is 0 Å². The SMILES string of the molecule is O=C(O[C@H]1CN2CCC1(F)CC2)N1CCc2ccccc2[C@@H]1c1ccc(F)cc1. The van der Waals surface area contributed by atoms with E-state index in [2.05, 4.69) is 11.0 Å². The monoisotopic (exact) mass is 398 g/mol. The number of piperidine rings is 3. The molecule has 3 fully saturated rings. The summed E-state index contributed by atoms with van der Waals surface area (Å²) in [5.41, 5.74) is 1.56. The zero-order valence-electron chi connectivity index (χ0n) is 16.2. The first-order valence-corrected chi connectivity index (χ1v) is 10.3. The van der Waals surface area contributed by atoms with E-state index in [1.807, 2.05) is 18.2 Å². The molecule has 2 atom stereocenters. The Morgan fingerprint density at radius 3 is 2.48 bits per heavy atom. The number of carbonyl (C=O) groups is 1. The van der Waals surface area contributed by atoms with Crippen LogP contribution in [-0.4, -0.2) is 53.8 Å². The van der Waals surface area contributed by atoms with Gasteiger partial charge in [0.05, 0.1) is 6.04 Å². The molecule has 4 nitrogen and oxygen atoms in total. The van der Waals surface area contributed by atoms with Crippen molar-refractivity contribution in [3.8, 4) is 0 Å². The summed E-state index contributed by atoms with van der Waals surface area (Å²) in [7, 11) is 0. The summed E-state index contributed by atoms with van der Waals surface area (Å²) in [5, 5.41) is 0. The lowest BCUT2D eigenvalue weighted by molar-refractivity contribution is -0.118. The van der Waals surface area contributed by atoms with Gasteiger partial charge in [0.1, 0.15) is 5.82 Å². The van der Waals surface area contributed by atoms with Crippen LogP contribution in [0.2, 0.25) is 0 Å². The van der Waals surface area contributed by atoms with Gasteiger partial charge in [-0.15, -0.1) is 0 Å². The highest BCUT2D eigenvalue weighted by molar-refractivity contribution is 5.70. The van der Waals surface area contributed by atoms with Crippen LogP contribution in [0.4, 0.5) is 13.6 Å². The van der Waals surface area contributed by atoms with Crippen LogP contribution in [0.1, 0.15) is 35.6 Å². The van der Waals surface area contributed by atoms with E-state index in [-0.39, 0.29) is 11.9 Å². The topological polar surface area (TPSA) is 32.8 Å². The lowest BCUT2D eigenvalue weighted by Crippen LogP contribution is -2.61. The Labute approximate surface area is 169 Å². The number of halogens is 2. The molecule has 0 unspecified atom stereocenters. The first-order valence-electron chi connectivity index (χ1n) is 10.3. The Kier molecular flexibility index (Phi) is 4.54. The van der Waals surface area contributed by atoms with Gasteiger partial charge < -0.3 is 4.74 Å². The molecule has 0 spiro atoms. The second-order valence-corrected chi connectivity index (χ2v) is 8.30. The molecule has 1 amide bonds. The van der Waals surface area contributed by atoms with Crippen LogP contribution >= 0.6 is 0 Å². The van der Waals surface area contributed by atoms with Crippen molar-refractivity contribution in [1.29, 1.82) is 0 Å². The van der Waals surface area contributed by atoms with Crippen LogP contribution < -0.4 is 0 Å². The molecule has 4 aliphatic heterocycles. The summed E-state index contributed by atoms with van der Waals surface area (Å²) in [6, 6.07) is 13.8. The number of fused-ring (bicyclic) bond motifs is 4. The van der Waals surface area contributed by atoms with Gasteiger partial charge in [-0.3, -0.25) is 9.80 Å². The number of alkyl halides is 1.